The summed E-state index contributed by atoms with van der Waals surface area (Å²) < 4.78 is 10.2. The van der Waals surface area contributed by atoms with Crippen molar-refractivity contribution in [1.82, 2.24) is 5.32 Å². The van der Waals surface area contributed by atoms with E-state index in [9.17, 15) is 15.0 Å². The van der Waals surface area contributed by atoms with Crippen LogP contribution in [0.15, 0.2) is 34.7 Å². The molecule has 0 saturated heterocycles. The van der Waals surface area contributed by atoms with Crippen LogP contribution in [0.4, 0.5) is 0 Å². The Balaban J connectivity index is 0.000000505. The minimum Gasteiger partial charge on any atom is -0.508 e. The van der Waals surface area contributed by atoms with Crippen molar-refractivity contribution in [2.75, 3.05) is 20.2 Å². The summed E-state index contributed by atoms with van der Waals surface area (Å²) in [5.41, 5.74) is 0.402. The summed E-state index contributed by atoms with van der Waals surface area (Å²) in [5.74, 6) is -0.557. The van der Waals surface area contributed by atoms with Crippen molar-refractivity contribution < 1.29 is 24.2 Å². The molecule has 0 bridgehead atoms. The van der Waals surface area contributed by atoms with Crippen molar-refractivity contribution in [2.24, 2.45) is 0 Å². The van der Waals surface area contributed by atoms with E-state index in [1.54, 1.807) is 19.1 Å². The largest absolute Gasteiger partial charge is 0.508 e. The number of esters is 1. The van der Waals surface area contributed by atoms with Gasteiger partial charge in [0.2, 0.25) is 0 Å². The van der Waals surface area contributed by atoms with Crippen molar-refractivity contribution in [2.45, 2.75) is 26.7 Å². The van der Waals surface area contributed by atoms with Gasteiger partial charge in [0.1, 0.15) is 28.9 Å². The van der Waals surface area contributed by atoms with Crippen LogP contribution < -0.4 is 5.32 Å². The van der Waals surface area contributed by atoms with Crippen molar-refractivity contribution in [1.29, 1.82) is 0 Å². The Bertz CT molecular complexity index is 628. The van der Waals surface area contributed by atoms with Gasteiger partial charge in [-0.15, -0.1) is 0 Å². The zero-order valence-corrected chi connectivity index (χ0v) is 14.5. The van der Waals surface area contributed by atoms with Crippen LogP contribution in [0.2, 0.25) is 0 Å². The monoisotopic (exact) mass is 335 g/mol. The number of benzene rings is 1. The molecule has 1 aromatic heterocycles. The van der Waals surface area contributed by atoms with Crippen molar-refractivity contribution in [3.8, 4) is 11.5 Å². The molecule has 6 nitrogen and oxygen atoms in total. The quantitative estimate of drug-likeness (QED) is 0.728. The van der Waals surface area contributed by atoms with E-state index in [-0.39, 0.29) is 11.5 Å². The summed E-state index contributed by atoms with van der Waals surface area (Å²) in [7, 11) is 1.27. The van der Waals surface area contributed by atoms with E-state index >= 15 is 0 Å². The number of rotatable bonds is 5. The van der Waals surface area contributed by atoms with Gasteiger partial charge in [0.15, 0.2) is 0 Å². The second-order valence-electron chi connectivity index (χ2n) is 5.14. The fraction of sp³-hybridized carbons (Fsp3) is 0.389. The minimum absolute atomic E-state index is 0.132. The first-order chi connectivity index (χ1) is 11.4. The highest BCUT2D eigenvalue weighted by Gasteiger charge is 2.27. The first kappa shape index (κ1) is 19.6. The third-order valence-corrected chi connectivity index (χ3v) is 3.24. The third-order valence-electron chi connectivity index (χ3n) is 3.24. The Labute approximate surface area is 142 Å². The molecular weight excluding hydrogens is 310 g/mol. The predicted octanol–water partition coefficient (Wildman–Crippen LogP) is 2.92. The van der Waals surface area contributed by atoms with Gasteiger partial charge in [0.05, 0.1) is 7.11 Å². The molecule has 1 heterocycles. The molecule has 0 radical (unpaired) electrons. The molecule has 1 unspecified atom stereocenters. The first-order valence-electron chi connectivity index (χ1n) is 7.80. The molecule has 0 aliphatic heterocycles. The standard InChI is InChI=1S/C14H14O5.C4H11N/c1-8-3-4-12(19-8)13(14(17)18-2)9-5-10(15)7-11(16)6-9;1-3-5-4-2/h3-7,13,15-16H,1-2H3;5H,3-4H2,1-2H3. The number of phenols is 2. The Kier molecular flexibility index (Phi) is 7.85. The van der Waals surface area contributed by atoms with Crippen LogP contribution in [0.3, 0.4) is 0 Å². The number of carbonyl (C=O) groups is 1. The molecule has 0 aliphatic carbocycles. The minimum atomic E-state index is -0.823. The zero-order chi connectivity index (χ0) is 18.1. The number of ether oxygens (including phenoxy) is 1. The van der Waals surface area contributed by atoms with Crippen molar-refractivity contribution in [3.05, 3.63) is 47.4 Å². The molecule has 3 N–H and O–H groups in total. The molecular formula is C18H25NO5. The van der Waals surface area contributed by atoms with Crippen molar-refractivity contribution >= 4 is 5.97 Å². The highest BCUT2D eigenvalue weighted by Crippen LogP contribution is 2.32. The van der Waals surface area contributed by atoms with E-state index in [2.05, 4.69) is 19.2 Å². The fourth-order valence-electron chi connectivity index (χ4n) is 2.18. The lowest BCUT2D eigenvalue weighted by atomic mass is 9.96. The number of furan rings is 1. The topological polar surface area (TPSA) is 91.9 Å². The maximum absolute atomic E-state index is 11.9. The van der Waals surface area contributed by atoms with Gasteiger partial charge in [-0.1, -0.05) is 13.8 Å². The van der Waals surface area contributed by atoms with Gasteiger partial charge < -0.3 is 24.7 Å². The lowest BCUT2D eigenvalue weighted by molar-refractivity contribution is -0.141. The number of methoxy groups -OCH3 is 1. The maximum Gasteiger partial charge on any atom is 0.320 e. The zero-order valence-electron chi connectivity index (χ0n) is 14.5. The molecule has 0 saturated carbocycles. The van der Waals surface area contributed by atoms with E-state index in [4.69, 9.17) is 9.15 Å². The number of nitrogens with one attached hydrogen (secondary N) is 1. The Morgan fingerprint density at radius 2 is 1.75 bits per heavy atom. The van der Waals surface area contributed by atoms with Crippen LogP contribution in [-0.4, -0.2) is 36.4 Å². The molecule has 1 atom stereocenters. The van der Waals surface area contributed by atoms with E-state index in [0.717, 1.165) is 13.1 Å². The summed E-state index contributed by atoms with van der Waals surface area (Å²) in [6.07, 6.45) is 0. The molecule has 6 heteroatoms. The summed E-state index contributed by atoms with van der Waals surface area (Å²) in [5, 5.41) is 22.1. The van der Waals surface area contributed by atoms with Crippen LogP contribution in [0.1, 0.15) is 36.8 Å². The molecule has 0 fully saturated rings. The molecule has 0 spiro atoms. The number of phenolic OH excluding ortho intramolecular Hbond substituents is 2. The molecule has 2 rings (SSSR count). The predicted molar refractivity (Wildman–Crippen MR) is 91.3 cm³/mol. The number of carbonyl (C=O) groups excluding carboxylic acids is 1. The number of aromatic hydroxyl groups is 2. The average molecular weight is 335 g/mol. The highest BCUT2D eigenvalue weighted by molar-refractivity contribution is 5.81. The van der Waals surface area contributed by atoms with Gasteiger partial charge in [0.25, 0.3) is 0 Å². The lowest BCUT2D eigenvalue weighted by Crippen LogP contribution is -2.15. The Hall–Kier alpha value is -2.47. The number of aryl methyl sites for hydroxylation is 1. The van der Waals surface area contributed by atoms with Gasteiger partial charge in [-0.3, -0.25) is 4.79 Å². The lowest BCUT2D eigenvalue weighted by Gasteiger charge is -2.13. The van der Waals surface area contributed by atoms with Gasteiger partial charge in [-0.2, -0.15) is 0 Å². The SMILES string of the molecule is CCNCC.COC(=O)C(c1cc(O)cc(O)c1)c1ccc(C)o1. The molecule has 0 aliphatic rings. The summed E-state index contributed by atoms with van der Waals surface area (Å²) in [4.78, 5) is 11.9. The van der Waals surface area contributed by atoms with E-state index in [1.807, 2.05) is 0 Å². The van der Waals surface area contributed by atoms with Crippen LogP contribution in [0, 0.1) is 6.92 Å². The van der Waals surface area contributed by atoms with Crippen LogP contribution in [0.5, 0.6) is 11.5 Å². The third kappa shape index (κ3) is 5.62. The van der Waals surface area contributed by atoms with E-state index in [0.29, 0.717) is 17.1 Å². The highest BCUT2D eigenvalue weighted by atomic mass is 16.5. The van der Waals surface area contributed by atoms with Gasteiger partial charge in [-0.25, -0.2) is 0 Å². The fourth-order valence-corrected chi connectivity index (χ4v) is 2.18. The summed E-state index contributed by atoms with van der Waals surface area (Å²) in [6.45, 7) is 8.15. The smallest absolute Gasteiger partial charge is 0.320 e. The molecule has 24 heavy (non-hydrogen) atoms. The summed E-state index contributed by atoms with van der Waals surface area (Å²) in [6, 6.07) is 7.36. The normalized spacial score (nSPS) is 11.3. The second-order valence-corrected chi connectivity index (χ2v) is 5.14. The number of hydrogen-bond acceptors (Lipinski definition) is 6. The van der Waals surface area contributed by atoms with Gasteiger partial charge in [0, 0.05) is 6.07 Å². The number of hydrogen-bond donors (Lipinski definition) is 3. The van der Waals surface area contributed by atoms with Crippen LogP contribution in [0.25, 0.3) is 0 Å². The Morgan fingerprint density at radius 3 is 2.12 bits per heavy atom. The van der Waals surface area contributed by atoms with E-state index < -0.39 is 11.9 Å². The van der Waals surface area contributed by atoms with Gasteiger partial charge >= 0.3 is 5.97 Å². The molecule has 132 valence electrons. The first-order valence-corrected chi connectivity index (χ1v) is 7.80. The van der Waals surface area contributed by atoms with Crippen molar-refractivity contribution in [3.63, 3.8) is 0 Å². The Morgan fingerprint density at radius 1 is 1.17 bits per heavy atom. The van der Waals surface area contributed by atoms with Gasteiger partial charge in [-0.05, 0) is 49.8 Å². The second kappa shape index (κ2) is 9.62. The molecule has 0 amide bonds. The van der Waals surface area contributed by atoms with Crippen LogP contribution in [-0.2, 0) is 9.53 Å². The van der Waals surface area contributed by atoms with Crippen LogP contribution >= 0.6 is 0 Å². The molecule has 1 aromatic carbocycles. The van der Waals surface area contributed by atoms with E-state index in [1.165, 1.54) is 25.3 Å². The molecule has 2 aromatic rings. The maximum atomic E-state index is 11.9. The summed E-state index contributed by atoms with van der Waals surface area (Å²) >= 11 is 0. The average Bonchev–Trinajstić information content (AvgIpc) is 2.94.